The van der Waals surface area contributed by atoms with Gasteiger partial charge in [0, 0.05) is 12.6 Å². The molecule has 1 fully saturated rings. The zero-order valence-electron chi connectivity index (χ0n) is 8.38. The van der Waals surface area contributed by atoms with Crippen molar-refractivity contribution < 1.29 is 0 Å². The van der Waals surface area contributed by atoms with E-state index in [1.807, 2.05) is 0 Å². The van der Waals surface area contributed by atoms with E-state index in [4.69, 9.17) is 0 Å². The van der Waals surface area contributed by atoms with E-state index in [9.17, 15) is 0 Å². The molecule has 1 saturated carbocycles. The largest absolute Gasteiger partial charge is 0.310 e. The average molecular weight is 175 g/mol. The molecule has 70 valence electrons. The third-order valence-electron chi connectivity index (χ3n) is 2.93. The van der Waals surface area contributed by atoms with Crippen LogP contribution in [0.15, 0.2) is 24.3 Å². The summed E-state index contributed by atoms with van der Waals surface area (Å²) in [5.41, 5.74) is 2.82. The molecule has 0 aliphatic heterocycles. The molecule has 0 spiro atoms. The van der Waals surface area contributed by atoms with E-state index >= 15 is 0 Å². The topological polar surface area (TPSA) is 12.0 Å². The van der Waals surface area contributed by atoms with Gasteiger partial charge in [-0.3, -0.25) is 0 Å². The molecule has 1 aromatic rings. The molecule has 0 bridgehead atoms. The van der Waals surface area contributed by atoms with Crippen LogP contribution in [0.4, 0.5) is 0 Å². The fourth-order valence-corrected chi connectivity index (χ4v) is 1.66. The molecule has 2 rings (SSSR count). The van der Waals surface area contributed by atoms with Crippen LogP contribution >= 0.6 is 0 Å². The van der Waals surface area contributed by atoms with Crippen molar-refractivity contribution in [2.24, 2.45) is 5.92 Å². The summed E-state index contributed by atoms with van der Waals surface area (Å²) < 4.78 is 0. The van der Waals surface area contributed by atoms with Gasteiger partial charge in [-0.2, -0.15) is 0 Å². The summed E-state index contributed by atoms with van der Waals surface area (Å²) in [6.07, 6.45) is 1.35. The van der Waals surface area contributed by atoms with Crippen molar-refractivity contribution in [3.63, 3.8) is 0 Å². The van der Waals surface area contributed by atoms with Crippen molar-refractivity contribution >= 4 is 0 Å². The Kier molecular flexibility index (Phi) is 2.36. The number of rotatable bonds is 3. The first-order chi connectivity index (χ1) is 6.27. The van der Waals surface area contributed by atoms with Crippen molar-refractivity contribution in [1.29, 1.82) is 0 Å². The number of benzene rings is 1. The average Bonchev–Trinajstić information content (AvgIpc) is 2.81. The van der Waals surface area contributed by atoms with E-state index in [2.05, 4.69) is 43.4 Å². The van der Waals surface area contributed by atoms with Gasteiger partial charge in [0.15, 0.2) is 0 Å². The normalized spacial score (nSPS) is 26.0. The van der Waals surface area contributed by atoms with Crippen LogP contribution in [0.3, 0.4) is 0 Å². The van der Waals surface area contributed by atoms with Crippen molar-refractivity contribution in [1.82, 2.24) is 5.32 Å². The third kappa shape index (κ3) is 2.10. The van der Waals surface area contributed by atoms with Crippen LogP contribution in [0.2, 0.25) is 0 Å². The minimum atomic E-state index is 0.777. The molecule has 1 aliphatic carbocycles. The summed E-state index contributed by atoms with van der Waals surface area (Å²) >= 11 is 0. The standard InChI is InChI=1S/C12H17N/c1-9-5-3-4-6-11(9)8-13-12-7-10(12)2/h3-6,10,12-13H,7-8H2,1-2H3. The van der Waals surface area contributed by atoms with Gasteiger partial charge < -0.3 is 5.32 Å². The van der Waals surface area contributed by atoms with Crippen LogP contribution in [-0.2, 0) is 6.54 Å². The first-order valence-corrected chi connectivity index (χ1v) is 5.05. The third-order valence-corrected chi connectivity index (χ3v) is 2.93. The van der Waals surface area contributed by atoms with Crippen LogP contribution in [0.25, 0.3) is 0 Å². The lowest BCUT2D eigenvalue weighted by molar-refractivity contribution is 0.650. The molecular formula is C12H17N. The minimum absolute atomic E-state index is 0.777. The summed E-state index contributed by atoms with van der Waals surface area (Å²) in [6, 6.07) is 9.36. The van der Waals surface area contributed by atoms with E-state index in [0.717, 1.165) is 18.5 Å². The molecule has 1 aliphatic rings. The fraction of sp³-hybridized carbons (Fsp3) is 0.500. The molecule has 1 heteroatoms. The lowest BCUT2D eigenvalue weighted by atomic mass is 10.1. The van der Waals surface area contributed by atoms with Gasteiger partial charge >= 0.3 is 0 Å². The maximum Gasteiger partial charge on any atom is 0.0210 e. The maximum absolute atomic E-state index is 3.56. The Bertz CT molecular complexity index is 293. The van der Waals surface area contributed by atoms with Crippen LogP contribution in [0.1, 0.15) is 24.5 Å². The van der Waals surface area contributed by atoms with Crippen LogP contribution < -0.4 is 5.32 Å². The van der Waals surface area contributed by atoms with Gasteiger partial charge in [-0.05, 0) is 30.4 Å². The van der Waals surface area contributed by atoms with Crippen LogP contribution in [-0.4, -0.2) is 6.04 Å². The second-order valence-corrected chi connectivity index (χ2v) is 4.13. The smallest absolute Gasteiger partial charge is 0.0210 e. The Morgan fingerprint density at radius 3 is 2.69 bits per heavy atom. The van der Waals surface area contributed by atoms with E-state index in [0.29, 0.717) is 0 Å². The summed E-state index contributed by atoms with van der Waals surface area (Å²) in [4.78, 5) is 0. The quantitative estimate of drug-likeness (QED) is 0.744. The second-order valence-electron chi connectivity index (χ2n) is 4.13. The summed E-state index contributed by atoms with van der Waals surface area (Å²) in [5.74, 6) is 0.893. The van der Waals surface area contributed by atoms with Gasteiger partial charge in [-0.25, -0.2) is 0 Å². The fourth-order valence-electron chi connectivity index (χ4n) is 1.66. The highest BCUT2D eigenvalue weighted by atomic mass is 15.0. The highest BCUT2D eigenvalue weighted by molar-refractivity contribution is 5.25. The van der Waals surface area contributed by atoms with Gasteiger partial charge in [-0.15, -0.1) is 0 Å². The first kappa shape index (κ1) is 8.76. The Labute approximate surface area is 80.2 Å². The Morgan fingerprint density at radius 2 is 2.08 bits per heavy atom. The molecule has 1 nitrogen and oxygen atoms in total. The molecule has 1 N–H and O–H groups in total. The van der Waals surface area contributed by atoms with Crippen molar-refractivity contribution in [2.45, 2.75) is 32.9 Å². The van der Waals surface area contributed by atoms with Crippen molar-refractivity contribution in [2.75, 3.05) is 0 Å². The molecule has 13 heavy (non-hydrogen) atoms. The lowest BCUT2D eigenvalue weighted by Crippen LogP contribution is -2.17. The highest BCUT2D eigenvalue weighted by Crippen LogP contribution is 2.29. The summed E-state index contributed by atoms with van der Waals surface area (Å²) in [7, 11) is 0. The Hall–Kier alpha value is -0.820. The van der Waals surface area contributed by atoms with E-state index in [1.54, 1.807) is 0 Å². The number of nitrogens with one attached hydrogen (secondary N) is 1. The van der Waals surface area contributed by atoms with E-state index in [-0.39, 0.29) is 0 Å². The molecular weight excluding hydrogens is 158 g/mol. The molecule has 0 saturated heterocycles. The van der Waals surface area contributed by atoms with Gasteiger partial charge in [0.05, 0.1) is 0 Å². The first-order valence-electron chi connectivity index (χ1n) is 5.05. The van der Waals surface area contributed by atoms with Gasteiger partial charge in [0.25, 0.3) is 0 Å². The molecule has 2 atom stereocenters. The molecule has 2 unspecified atom stereocenters. The molecule has 0 radical (unpaired) electrons. The Morgan fingerprint density at radius 1 is 1.38 bits per heavy atom. The monoisotopic (exact) mass is 175 g/mol. The number of hydrogen-bond donors (Lipinski definition) is 1. The zero-order chi connectivity index (χ0) is 9.26. The van der Waals surface area contributed by atoms with Crippen LogP contribution in [0.5, 0.6) is 0 Å². The Balaban J connectivity index is 1.90. The van der Waals surface area contributed by atoms with E-state index in [1.165, 1.54) is 17.5 Å². The SMILES string of the molecule is Cc1ccccc1CNC1CC1C. The summed E-state index contributed by atoms with van der Waals surface area (Å²) in [5, 5.41) is 3.56. The molecule has 0 heterocycles. The number of hydrogen-bond acceptors (Lipinski definition) is 1. The molecule has 0 amide bonds. The van der Waals surface area contributed by atoms with Crippen molar-refractivity contribution in [3.8, 4) is 0 Å². The zero-order valence-corrected chi connectivity index (χ0v) is 8.38. The lowest BCUT2D eigenvalue weighted by Gasteiger charge is -2.06. The minimum Gasteiger partial charge on any atom is -0.310 e. The molecule has 1 aromatic carbocycles. The second kappa shape index (κ2) is 3.51. The predicted molar refractivity (Wildman–Crippen MR) is 55.6 cm³/mol. The van der Waals surface area contributed by atoms with Gasteiger partial charge in [0.2, 0.25) is 0 Å². The summed E-state index contributed by atoms with van der Waals surface area (Å²) in [6.45, 7) is 5.50. The van der Waals surface area contributed by atoms with E-state index < -0.39 is 0 Å². The van der Waals surface area contributed by atoms with Gasteiger partial charge in [0.1, 0.15) is 0 Å². The molecule has 0 aromatic heterocycles. The van der Waals surface area contributed by atoms with Crippen LogP contribution in [0, 0.1) is 12.8 Å². The number of aryl methyl sites for hydroxylation is 1. The maximum atomic E-state index is 3.56. The van der Waals surface area contributed by atoms with Crippen molar-refractivity contribution in [3.05, 3.63) is 35.4 Å². The van der Waals surface area contributed by atoms with Gasteiger partial charge in [-0.1, -0.05) is 31.2 Å². The predicted octanol–water partition coefficient (Wildman–Crippen LogP) is 2.49. The highest BCUT2D eigenvalue weighted by Gasteiger charge is 2.31.